The van der Waals surface area contributed by atoms with E-state index in [4.69, 9.17) is 14.0 Å². The van der Waals surface area contributed by atoms with Crippen molar-refractivity contribution >= 4 is 12.6 Å². The van der Waals surface area contributed by atoms with Gasteiger partial charge < -0.3 is 14.0 Å². The Morgan fingerprint density at radius 3 is 2.21 bits per heavy atom. The molecule has 0 unspecified atom stereocenters. The van der Waals surface area contributed by atoms with Crippen LogP contribution in [-0.4, -0.2) is 30.4 Å². The van der Waals surface area contributed by atoms with Crippen LogP contribution in [0, 0.1) is 0 Å². The zero-order chi connectivity index (χ0) is 14.3. The molecule has 0 N–H and O–H groups in total. The molecule has 0 radical (unpaired) electrons. The maximum atomic E-state index is 6.06. The van der Waals surface area contributed by atoms with Gasteiger partial charge >= 0.3 is 7.12 Å². The highest BCUT2D eigenvalue weighted by atomic mass is 16.7. The molecule has 0 saturated carbocycles. The average Bonchev–Trinajstić information content (AvgIpc) is 2.57. The minimum absolute atomic E-state index is 0.331. The third-order valence-corrected chi connectivity index (χ3v) is 4.04. The third kappa shape index (κ3) is 2.49. The van der Waals surface area contributed by atoms with E-state index in [0.717, 1.165) is 17.6 Å². The molecule has 0 spiro atoms. The van der Waals surface area contributed by atoms with Gasteiger partial charge in [0.05, 0.1) is 18.3 Å². The fourth-order valence-electron chi connectivity index (χ4n) is 2.07. The number of hydrogen-bond acceptors (Lipinski definition) is 4. The van der Waals surface area contributed by atoms with Crippen molar-refractivity contribution in [2.75, 3.05) is 7.11 Å². The Bertz CT molecular complexity index is 458. The summed E-state index contributed by atoms with van der Waals surface area (Å²) in [5.41, 5.74) is 1.28. The van der Waals surface area contributed by atoms with Gasteiger partial charge in [0.1, 0.15) is 0 Å². The van der Waals surface area contributed by atoms with Crippen molar-refractivity contribution in [1.29, 1.82) is 0 Å². The largest absolute Gasteiger partial charge is 0.496 e. The topological polar surface area (TPSA) is 40.6 Å². The van der Waals surface area contributed by atoms with Crippen LogP contribution in [0.2, 0.25) is 0 Å². The molecular weight excluding hydrogens is 241 g/mol. The number of hydrogen-bond donors (Lipinski definition) is 0. The number of nitrogens with zero attached hydrogens (tertiary/aromatic N) is 1. The summed E-state index contributed by atoms with van der Waals surface area (Å²) in [6.45, 7) is 10.3. The SMILES string of the molecule is CCc1nc(OC)ccc1B1OC(C)(C)C(C)(C)O1. The third-order valence-electron chi connectivity index (χ3n) is 4.04. The van der Waals surface area contributed by atoms with Crippen molar-refractivity contribution in [3.63, 3.8) is 0 Å². The average molecular weight is 263 g/mol. The molecule has 5 heteroatoms. The van der Waals surface area contributed by atoms with Gasteiger partial charge in [0, 0.05) is 11.2 Å². The second-order valence-electron chi connectivity index (χ2n) is 5.83. The first-order valence-corrected chi connectivity index (χ1v) is 6.70. The fraction of sp³-hybridized carbons (Fsp3) is 0.643. The van der Waals surface area contributed by atoms with Crippen LogP contribution < -0.4 is 10.2 Å². The van der Waals surface area contributed by atoms with Crippen molar-refractivity contribution in [2.45, 2.75) is 52.2 Å². The van der Waals surface area contributed by atoms with Gasteiger partial charge in [-0.05, 0) is 40.2 Å². The van der Waals surface area contributed by atoms with Gasteiger partial charge in [-0.2, -0.15) is 0 Å². The van der Waals surface area contributed by atoms with E-state index in [0.29, 0.717) is 5.88 Å². The molecule has 1 fully saturated rings. The molecule has 1 aliphatic heterocycles. The Morgan fingerprint density at radius 1 is 1.16 bits per heavy atom. The molecule has 1 aliphatic rings. The van der Waals surface area contributed by atoms with Crippen molar-refractivity contribution in [1.82, 2.24) is 4.98 Å². The smallest absolute Gasteiger partial charge is 0.481 e. The Labute approximate surface area is 115 Å². The molecule has 1 aromatic rings. The van der Waals surface area contributed by atoms with Crippen molar-refractivity contribution in [3.05, 3.63) is 17.8 Å². The summed E-state index contributed by atoms with van der Waals surface area (Å²) >= 11 is 0. The summed E-state index contributed by atoms with van der Waals surface area (Å²) in [7, 11) is 1.26. The van der Waals surface area contributed by atoms with E-state index in [9.17, 15) is 0 Å². The lowest BCUT2D eigenvalue weighted by molar-refractivity contribution is 0.00578. The van der Waals surface area contributed by atoms with Crippen LogP contribution in [0.3, 0.4) is 0 Å². The number of methoxy groups -OCH3 is 1. The van der Waals surface area contributed by atoms with Crippen LogP contribution in [0.15, 0.2) is 12.1 Å². The normalized spacial score (nSPS) is 20.6. The molecule has 2 heterocycles. The Hall–Kier alpha value is -1.07. The van der Waals surface area contributed by atoms with Gasteiger partial charge in [-0.15, -0.1) is 0 Å². The van der Waals surface area contributed by atoms with E-state index in [1.807, 2.05) is 12.1 Å². The van der Waals surface area contributed by atoms with Crippen LogP contribution in [-0.2, 0) is 15.7 Å². The zero-order valence-electron chi connectivity index (χ0n) is 12.6. The molecule has 0 amide bonds. The summed E-state index contributed by atoms with van der Waals surface area (Å²) < 4.78 is 17.3. The summed E-state index contributed by atoms with van der Waals surface area (Å²) in [6.07, 6.45) is 0.816. The monoisotopic (exact) mass is 263 g/mol. The molecule has 2 rings (SSSR count). The van der Waals surface area contributed by atoms with Gasteiger partial charge in [-0.3, -0.25) is 0 Å². The van der Waals surface area contributed by atoms with Crippen molar-refractivity contribution < 1.29 is 14.0 Å². The molecule has 0 aliphatic carbocycles. The molecule has 19 heavy (non-hydrogen) atoms. The van der Waals surface area contributed by atoms with E-state index < -0.39 is 0 Å². The lowest BCUT2D eigenvalue weighted by atomic mass is 9.77. The van der Waals surface area contributed by atoms with Crippen LogP contribution in [0.5, 0.6) is 5.88 Å². The quantitative estimate of drug-likeness (QED) is 0.781. The first kappa shape index (κ1) is 14.3. The second-order valence-corrected chi connectivity index (χ2v) is 5.83. The van der Waals surface area contributed by atoms with E-state index >= 15 is 0 Å². The lowest BCUT2D eigenvalue weighted by Gasteiger charge is -2.32. The number of aryl methyl sites for hydroxylation is 1. The summed E-state index contributed by atoms with van der Waals surface area (Å²) in [5.74, 6) is 0.622. The fourth-order valence-corrected chi connectivity index (χ4v) is 2.07. The first-order chi connectivity index (χ1) is 8.80. The Kier molecular flexibility index (Phi) is 3.62. The predicted octanol–water partition coefficient (Wildman–Crippen LogP) is 1.95. The summed E-state index contributed by atoms with van der Waals surface area (Å²) in [4.78, 5) is 4.47. The molecule has 0 bridgehead atoms. The Balaban J connectivity index is 2.34. The maximum absolute atomic E-state index is 6.06. The van der Waals surface area contributed by atoms with Gasteiger partial charge in [-0.1, -0.05) is 13.0 Å². The standard InChI is InChI=1S/C14H22BNO3/c1-7-11-10(8-9-12(16-11)17-6)15-18-13(2,3)14(4,5)19-15/h8-9H,7H2,1-6H3. The van der Waals surface area contributed by atoms with Crippen LogP contribution in [0.4, 0.5) is 0 Å². The number of rotatable bonds is 3. The molecule has 0 atom stereocenters. The van der Waals surface area contributed by atoms with Crippen molar-refractivity contribution in [2.24, 2.45) is 0 Å². The summed E-state index contributed by atoms with van der Waals surface area (Å²) in [5, 5.41) is 0. The molecule has 104 valence electrons. The van der Waals surface area contributed by atoms with Gasteiger partial charge in [0.25, 0.3) is 0 Å². The zero-order valence-corrected chi connectivity index (χ0v) is 12.6. The minimum Gasteiger partial charge on any atom is -0.481 e. The number of aromatic nitrogens is 1. The maximum Gasteiger partial charge on any atom is 0.496 e. The highest BCUT2D eigenvalue weighted by Gasteiger charge is 2.52. The minimum atomic E-state index is -0.363. The van der Waals surface area contributed by atoms with Crippen LogP contribution >= 0.6 is 0 Å². The van der Waals surface area contributed by atoms with Gasteiger partial charge in [0.2, 0.25) is 5.88 Å². The molecule has 0 aromatic carbocycles. The van der Waals surface area contributed by atoms with E-state index in [-0.39, 0.29) is 18.3 Å². The summed E-state index contributed by atoms with van der Waals surface area (Å²) in [6, 6.07) is 3.83. The molecule has 1 saturated heterocycles. The molecule has 4 nitrogen and oxygen atoms in total. The highest BCUT2D eigenvalue weighted by Crippen LogP contribution is 2.36. The van der Waals surface area contributed by atoms with Gasteiger partial charge in [0.15, 0.2) is 0 Å². The molecular formula is C14H22BNO3. The van der Waals surface area contributed by atoms with Gasteiger partial charge in [-0.25, -0.2) is 4.98 Å². The second kappa shape index (κ2) is 4.80. The van der Waals surface area contributed by atoms with E-state index in [2.05, 4.69) is 39.6 Å². The van der Waals surface area contributed by atoms with E-state index in [1.54, 1.807) is 7.11 Å². The highest BCUT2D eigenvalue weighted by molar-refractivity contribution is 6.62. The Morgan fingerprint density at radius 2 is 1.74 bits per heavy atom. The first-order valence-electron chi connectivity index (χ1n) is 6.70. The van der Waals surface area contributed by atoms with Crippen LogP contribution in [0.25, 0.3) is 0 Å². The van der Waals surface area contributed by atoms with Crippen LogP contribution in [0.1, 0.15) is 40.3 Å². The van der Waals surface area contributed by atoms with Crippen molar-refractivity contribution in [3.8, 4) is 5.88 Å². The predicted molar refractivity (Wildman–Crippen MR) is 75.9 cm³/mol. The number of pyridine rings is 1. The molecule has 1 aromatic heterocycles. The number of ether oxygens (including phenoxy) is 1. The van der Waals surface area contributed by atoms with E-state index in [1.165, 1.54) is 0 Å². The lowest BCUT2D eigenvalue weighted by Crippen LogP contribution is -2.41.